The lowest BCUT2D eigenvalue weighted by Crippen LogP contribution is -2.13. The summed E-state index contributed by atoms with van der Waals surface area (Å²) in [6, 6.07) is 0. The highest BCUT2D eigenvalue weighted by molar-refractivity contribution is 6.15. The molecule has 0 saturated carbocycles. The van der Waals surface area contributed by atoms with E-state index in [9.17, 15) is 4.79 Å². The lowest BCUT2D eigenvalue weighted by Gasteiger charge is -2.00. The molecular weight excluding hydrogens is 178 g/mol. The Balaban J connectivity index is 0. The summed E-state index contributed by atoms with van der Waals surface area (Å²) >= 11 is 4.64. The molecule has 0 unspecified atom stereocenters. The smallest absolute Gasteiger partial charge is 0.333 e. The van der Waals surface area contributed by atoms with Gasteiger partial charge in [0.1, 0.15) is 6.61 Å². The van der Waals surface area contributed by atoms with Crippen LogP contribution in [0.4, 0.5) is 0 Å². The third kappa shape index (κ3) is 7.57. The van der Waals surface area contributed by atoms with E-state index in [-0.39, 0.29) is 5.97 Å². The van der Waals surface area contributed by atoms with Crippen LogP contribution in [0.3, 0.4) is 0 Å². The van der Waals surface area contributed by atoms with Gasteiger partial charge in [-0.25, -0.2) is 4.79 Å². The van der Waals surface area contributed by atoms with Crippen LogP contribution in [-0.2, 0) is 9.53 Å². The molecule has 0 aromatic rings. The van der Waals surface area contributed by atoms with E-state index in [0.29, 0.717) is 18.7 Å². The normalized spacial score (nSPS) is 9.92. The van der Waals surface area contributed by atoms with E-state index >= 15 is 0 Å². The minimum atomic E-state index is -0.284. The Morgan fingerprint density at radius 1 is 1.58 bits per heavy atom. The van der Waals surface area contributed by atoms with Crippen molar-refractivity contribution in [2.45, 2.75) is 13.8 Å². The van der Waals surface area contributed by atoms with Gasteiger partial charge < -0.3 is 10.5 Å². The van der Waals surface area contributed by atoms with Gasteiger partial charge in [-0.05, 0) is 13.8 Å². The third-order valence-corrected chi connectivity index (χ3v) is 1.11. The van der Waals surface area contributed by atoms with Crippen molar-refractivity contribution in [1.29, 1.82) is 0 Å². The SMILES string of the molecule is CC=C(C)C(=O)OCCN.CCl. The van der Waals surface area contributed by atoms with Gasteiger partial charge >= 0.3 is 5.97 Å². The van der Waals surface area contributed by atoms with Crippen molar-refractivity contribution in [3.05, 3.63) is 11.6 Å². The monoisotopic (exact) mass is 193 g/mol. The van der Waals surface area contributed by atoms with Crippen LogP contribution in [0.25, 0.3) is 0 Å². The fraction of sp³-hybridized carbons (Fsp3) is 0.625. The van der Waals surface area contributed by atoms with Crippen LogP contribution in [0.2, 0.25) is 0 Å². The summed E-state index contributed by atoms with van der Waals surface area (Å²) in [5.74, 6) is -0.284. The second-order valence-electron chi connectivity index (χ2n) is 1.90. The van der Waals surface area contributed by atoms with E-state index in [1.807, 2.05) is 0 Å². The maximum Gasteiger partial charge on any atom is 0.333 e. The summed E-state index contributed by atoms with van der Waals surface area (Å²) in [7, 11) is 0. The van der Waals surface area contributed by atoms with E-state index in [4.69, 9.17) is 10.5 Å². The van der Waals surface area contributed by atoms with Crippen molar-refractivity contribution in [3.63, 3.8) is 0 Å². The molecule has 0 rings (SSSR count). The third-order valence-electron chi connectivity index (χ3n) is 1.11. The molecule has 0 bridgehead atoms. The Morgan fingerprint density at radius 3 is 2.42 bits per heavy atom. The number of halogens is 1. The van der Waals surface area contributed by atoms with Crippen molar-refractivity contribution in [2.24, 2.45) is 5.73 Å². The molecule has 0 aliphatic rings. The first-order valence-electron chi connectivity index (χ1n) is 3.60. The molecule has 0 radical (unpaired) electrons. The van der Waals surface area contributed by atoms with E-state index < -0.39 is 0 Å². The van der Waals surface area contributed by atoms with Gasteiger partial charge in [-0.3, -0.25) is 0 Å². The van der Waals surface area contributed by atoms with Crippen LogP contribution in [0.5, 0.6) is 0 Å². The second-order valence-corrected chi connectivity index (χ2v) is 1.90. The van der Waals surface area contributed by atoms with Crippen molar-refractivity contribution >= 4 is 17.6 Å². The molecule has 72 valence electrons. The fourth-order valence-electron chi connectivity index (χ4n) is 0.383. The highest BCUT2D eigenvalue weighted by Gasteiger charge is 2.01. The number of esters is 1. The first-order valence-corrected chi connectivity index (χ1v) is 4.36. The van der Waals surface area contributed by atoms with Gasteiger partial charge in [0.2, 0.25) is 0 Å². The average molecular weight is 194 g/mol. The quantitative estimate of drug-likeness (QED) is 0.418. The van der Waals surface area contributed by atoms with Crippen LogP contribution < -0.4 is 5.73 Å². The summed E-state index contributed by atoms with van der Waals surface area (Å²) in [6.45, 7) is 4.17. The molecule has 0 fully saturated rings. The number of allylic oxidation sites excluding steroid dienone is 1. The predicted octanol–water partition coefficient (Wildman–Crippen LogP) is 1.31. The van der Waals surface area contributed by atoms with Crippen molar-refractivity contribution in [2.75, 3.05) is 19.5 Å². The fourth-order valence-corrected chi connectivity index (χ4v) is 0.383. The van der Waals surface area contributed by atoms with Gasteiger partial charge in [0.05, 0.1) is 0 Å². The number of hydrogen-bond donors (Lipinski definition) is 1. The Bertz CT molecular complexity index is 146. The molecule has 0 aromatic heterocycles. The number of rotatable bonds is 3. The summed E-state index contributed by atoms with van der Waals surface area (Å²) in [4.78, 5) is 10.8. The molecule has 3 nitrogen and oxygen atoms in total. The molecule has 0 aliphatic heterocycles. The van der Waals surface area contributed by atoms with Gasteiger partial charge in [0.15, 0.2) is 0 Å². The predicted molar refractivity (Wildman–Crippen MR) is 51.2 cm³/mol. The molecule has 4 heteroatoms. The first kappa shape index (κ1) is 14.0. The maximum atomic E-state index is 10.8. The molecule has 0 aliphatic carbocycles. The highest BCUT2D eigenvalue weighted by Crippen LogP contribution is 1.94. The van der Waals surface area contributed by atoms with E-state index in [0.717, 1.165) is 0 Å². The van der Waals surface area contributed by atoms with Crippen LogP contribution >= 0.6 is 11.6 Å². The maximum absolute atomic E-state index is 10.8. The topological polar surface area (TPSA) is 52.3 Å². The molecule has 2 N–H and O–H groups in total. The number of nitrogens with two attached hydrogens (primary N) is 1. The minimum Gasteiger partial charge on any atom is -0.461 e. The molecule has 0 amide bonds. The van der Waals surface area contributed by atoms with Gasteiger partial charge in [-0.1, -0.05) is 6.08 Å². The average Bonchev–Trinajstić information content (AvgIpc) is 2.16. The van der Waals surface area contributed by atoms with Crippen LogP contribution in [0, 0.1) is 0 Å². The van der Waals surface area contributed by atoms with Gasteiger partial charge in [0.25, 0.3) is 0 Å². The number of carbonyl (C=O) groups is 1. The summed E-state index contributed by atoms with van der Waals surface area (Å²) in [5.41, 5.74) is 5.74. The largest absolute Gasteiger partial charge is 0.461 e. The van der Waals surface area contributed by atoms with E-state index in [1.165, 1.54) is 6.38 Å². The van der Waals surface area contributed by atoms with Crippen molar-refractivity contribution in [3.8, 4) is 0 Å². The second kappa shape index (κ2) is 10.5. The van der Waals surface area contributed by atoms with E-state index in [1.54, 1.807) is 19.9 Å². The minimum absolute atomic E-state index is 0.284. The summed E-state index contributed by atoms with van der Waals surface area (Å²) in [5, 5.41) is 0. The van der Waals surface area contributed by atoms with Gasteiger partial charge in [0, 0.05) is 18.5 Å². The van der Waals surface area contributed by atoms with Gasteiger partial charge in [-0.2, -0.15) is 0 Å². The number of ether oxygens (including phenoxy) is 1. The lowest BCUT2D eigenvalue weighted by molar-refractivity contribution is -0.138. The molecule has 0 atom stereocenters. The van der Waals surface area contributed by atoms with Crippen molar-refractivity contribution < 1.29 is 9.53 Å². The van der Waals surface area contributed by atoms with Crippen LogP contribution in [0.1, 0.15) is 13.8 Å². The zero-order chi connectivity index (χ0) is 9.98. The standard InChI is InChI=1S/C7H13NO2.CH3Cl/c1-3-6(2)7(9)10-5-4-8;1-2/h3H,4-5,8H2,1-2H3;1H3. The first-order chi connectivity index (χ1) is 5.72. The van der Waals surface area contributed by atoms with E-state index in [2.05, 4.69) is 11.6 Å². The van der Waals surface area contributed by atoms with Crippen LogP contribution in [-0.4, -0.2) is 25.5 Å². The Kier molecular flexibility index (Phi) is 12.2. The Hall–Kier alpha value is -0.540. The number of alkyl halides is 1. The molecule has 0 heterocycles. The molecule has 0 spiro atoms. The Labute approximate surface area is 78.5 Å². The lowest BCUT2D eigenvalue weighted by atomic mass is 10.3. The van der Waals surface area contributed by atoms with Crippen LogP contribution in [0.15, 0.2) is 11.6 Å². The summed E-state index contributed by atoms with van der Waals surface area (Å²) in [6.07, 6.45) is 3.18. The van der Waals surface area contributed by atoms with Crippen molar-refractivity contribution in [1.82, 2.24) is 0 Å². The molecule has 12 heavy (non-hydrogen) atoms. The number of carbonyl (C=O) groups excluding carboxylic acids is 1. The molecule has 0 saturated heterocycles. The Morgan fingerprint density at radius 2 is 2.08 bits per heavy atom. The molecular formula is C8H16ClNO2. The number of hydrogen-bond acceptors (Lipinski definition) is 3. The zero-order valence-electron chi connectivity index (χ0n) is 7.76. The van der Waals surface area contributed by atoms with Gasteiger partial charge in [-0.15, -0.1) is 11.6 Å². The molecule has 0 aromatic carbocycles. The summed E-state index contributed by atoms with van der Waals surface area (Å²) < 4.78 is 4.71. The zero-order valence-corrected chi connectivity index (χ0v) is 8.52. The highest BCUT2D eigenvalue weighted by atomic mass is 35.5.